The first-order valence-corrected chi connectivity index (χ1v) is 8.25. The Labute approximate surface area is 152 Å². The third-order valence-corrected chi connectivity index (χ3v) is 4.07. The summed E-state index contributed by atoms with van der Waals surface area (Å²) in [5.41, 5.74) is 3.10. The summed E-state index contributed by atoms with van der Waals surface area (Å²) in [7, 11) is 1.33. The Kier molecular flexibility index (Phi) is 5.13. The van der Waals surface area contributed by atoms with E-state index in [-0.39, 0.29) is 5.91 Å². The van der Waals surface area contributed by atoms with Crippen LogP contribution in [0.2, 0.25) is 0 Å². The molecule has 26 heavy (non-hydrogen) atoms. The van der Waals surface area contributed by atoms with E-state index >= 15 is 0 Å². The highest BCUT2D eigenvalue weighted by Gasteiger charge is 2.24. The van der Waals surface area contributed by atoms with Crippen LogP contribution >= 0.6 is 0 Å². The lowest BCUT2D eigenvalue weighted by Gasteiger charge is -2.25. The van der Waals surface area contributed by atoms with Crippen molar-refractivity contribution in [3.63, 3.8) is 0 Å². The van der Waals surface area contributed by atoms with Crippen molar-refractivity contribution in [2.24, 2.45) is 0 Å². The van der Waals surface area contributed by atoms with E-state index in [9.17, 15) is 9.59 Å². The SMILES string of the molecule is COC(=O)c1ccccc1N(C(=O)c1ccc(C)cc1)c1ccccc1. The van der Waals surface area contributed by atoms with Crippen LogP contribution in [0, 0.1) is 6.92 Å². The highest BCUT2D eigenvalue weighted by molar-refractivity contribution is 6.13. The van der Waals surface area contributed by atoms with Crippen molar-refractivity contribution in [3.8, 4) is 0 Å². The fourth-order valence-electron chi connectivity index (χ4n) is 2.72. The lowest BCUT2D eigenvalue weighted by Crippen LogP contribution is -2.27. The highest BCUT2D eigenvalue weighted by atomic mass is 16.5. The molecule has 0 N–H and O–H groups in total. The van der Waals surface area contributed by atoms with E-state index in [4.69, 9.17) is 4.74 Å². The molecule has 0 heterocycles. The molecule has 0 atom stereocenters. The summed E-state index contributed by atoms with van der Waals surface area (Å²) < 4.78 is 4.89. The Morgan fingerprint density at radius 2 is 1.42 bits per heavy atom. The number of carbonyl (C=O) groups excluding carboxylic acids is 2. The fourth-order valence-corrected chi connectivity index (χ4v) is 2.72. The quantitative estimate of drug-likeness (QED) is 0.641. The Morgan fingerprint density at radius 1 is 0.808 bits per heavy atom. The Morgan fingerprint density at radius 3 is 2.08 bits per heavy atom. The molecule has 3 rings (SSSR count). The number of methoxy groups -OCH3 is 1. The number of hydrogen-bond donors (Lipinski definition) is 0. The number of ether oxygens (including phenoxy) is 1. The maximum Gasteiger partial charge on any atom is 0.339 e. The van der Waals surface area contributed by atoms with Gasteiger partial charge in [-0.1, -0.05) is 48.0 Å². The molecule has 3 aromatic carbocycles. The minimum absolute atomic E-state index is 0.215. The van der Waals surface area contributed by atoms with Crippen molar-refractivity contribution in [2.45, 2.75) is 6.92 Å². The number of aryl methyl sites for hydroxylation is 1. The second-order valence-electron chi connectivity index (χ2n) is 5.85. The second-order valence-corrected chi connectivity index (χ2v) is 5.85. The van der Waals surface area contributed by atoms with Crippen molar-refractivity contribution in [3.05, 3.63) is 95.6 Å². The molecule has 1 amide bonds. The van der Waals surface area contributed by atoms with Gasteiger partial charge in [0.15, 0.2) is 0 Å². The molecule has 3 aromatic rings. The van der Waals surface area contributed by atoms with Crippen LogP contribution in [0.4, 0.5) is 11.4 Å². The standard InChI is InChI=1S/C22H19NO3/c1-16-12-14-17(15-13-16)21(24)23(18-8-4-3-5-9-18)20-11-7-6-10-19(20)22(25)26-2/h3-15H,1-2H3. The highest BCUT2D eigenvalue weighted by Crippen LogP contribution is 2.31. The van der Waals surface area contributed by atoms with Gasteiger partial charge in [0.25, 0.3) is 5.91 Å². The van der Waals surface area contributed by atoms with E-state index in [0.717, 1.165) is 5.56 Å². The molecule has 0 unspecified atom stereocenters. The van der Waals surface area contributed by atoms with E-state index in [1.165, 1.54) is 12.0 Å². The molecule has 0 saturated heterocycles. The van der Waals surface area contributed by atoms with E-state index in [0.29, 0.717) is 22.5 Å². The van der Waals surface area contributed by atoms with Gasteiger partial charge in [0, 0.05) is 11.3 Å². The van der Waals surface area contributed by atoms with Crippen LogP contribution in [0.3, 0.4) is 0 Å². The van der Waals surface area contributed by atoms with Gasteiger partial charge in [0.1, 0.15) is 0 Å². The number of rotatable bonds is 4. The van der Waals surface area contributed by atoms with Crippen molar-refractivity contribution < 1.29 is 14.3 Å². The molecule has 4 heteroatoms. The van der Waals surface area contributed by atoms with Gasteiger partial charge in [-0.15, -0.1) is 0 Å². The van der Waals surface area contributed by atoms with Crippen molar-refractivity contribution in [1.82, 2.24) is 0 Å². The first-order chi connectivity index (χ1) is 12.6. The zero-order valence-electron chi connectivity index (χ0n) is 14.7. The molecule has 0 aliphatic carbocycles. The molecular formula is C22H19NO3. The van der Waals surface area contributed by atoms with Gasteiger partial charge in [0.2, 0.25) is 0 Å². The zero-order chi connectivity index (χ0) is 18.5. The molecule has 0 saturated carbocycles. The van der Waals surface area contributed by atoms with E-state index in [2.05, 4.69) is 0 Å². The maximum atomic E-state index is 13.3. The molecular weight excluding hydrogens is 326 g/mol. The number of esters is 1. The van der Waals surface area contributed by atoms with Gasteiger partial charge in [-0.25, -0.2) is 4.79 Å². The minimum Gasteiger partial charge on any atom is -0.465 e. The molecule has 0 aliphatic rings. The predicted molar refractivity (Wildman–Crippen MR) is 102 cm³/mol. The van der Waals surface area contributed by atoms with Gasteiger partial charge in [0.05, 0.1) is 18.4 Å². The number of amides is 1. The molecule has 0 fully saturated rings. The lowest BCUT2D eigenvalue weighted by molar-refractivity contribution is 0.0601. The average Bonchev–Trinajstić information content (AvgIpc) is 2.69. The summed E-state index contributed by atoms with van der Waals surface area (Å²) in [6, 6.07) is 23.5. The summed E-state index contributed by atoms with van der Waals surface area (Å²) in [6.45, 7) is 1.97. The first kappa shape index (κ1) is 17.4. The number of benzene rings is 3. The molecule has 0 aliphatic heterocycles. The van der Waals surface area contributed by atoms with Crippen LogP contribution in [0.1, 0.15) is 26.3 Å². The Bertz CT molecular complexity index is 918. The molecule has 130 valence electrons. The van der Waals surface area contributed by atoms with Crippen LogP contribution < -0.4 is 4.90 Å². The first-order valence-electron chi connectivity index (χ1n) is 8.25. The van der Waals surface area contributed by atoms with Gasteiger partial charge in [-0.05, 0) is 43.3 Å². The predicted octanol–water partition coefficient (Wildman–Crippen LogP) is 4.76. The molecule has 0 aromatic heterocycles. The van der Waals surface area contributed by atoms with Crippen LogP contribution in [0.15, 0.2) is 78.9 Å². The fraction of sp³-hybridized carbons (Fsp3) is 0.0909. The van der Waals surface area contributed by atoms with Gasteiger partial charge >= 0.3 is 5.97 Å². The number of carbonyl (C=O) groups is 2. The monoisotopic (exact) mass is 345 g/mol. The van der Waals surface area contributed by atoms with Crippen molar-refractivity contribution >= 4 is 23.3 Å². The number of para-hydroxylation sites is 2. The zero-order valence-corrected chi connectivity index (χ0v) is 14.7. The van der Waals surface area contributed by atoms with Crippen molar-refractivity contribution in [1.29, 1.82) is 0 Å². The molecule has 4 nitrogen and oxygen atoms in total. The third-order valence-electron chi connectivity index (χ3n) is 4.07. The van der Waals surface area contributed by atoms with Gasteiger partial charge in [-0.2, -0.15) is 0 Å². The maximum absolute atomic E-state index is 13.3. The van der Waals surface area contributed by atoms with E-state index in [1.54, 1.807) is 36.4 Å². The Hall–Kier alpha value is -3.40. The van der Waals surface area contributed by atoms with E-state index in [1.807, 2.05) is 49.4 Å². The van der Waals surface area contributed by atoms with Gasteiger partial charge < -0.3 is 4.74 Å². The third kappa shape index (κ3) is 3.49. The van der Waals surface area contributed by atoms with Gasteiger partial charge in [-0.3, -0.25) is 9.69 Å². The van der Waals surface area contributed by atoms with Crippen LogP contribution in [-0.4, -0.2) is 19.0 Å². The minimum atomic E-state index is -0.488. The number of anilines is 2. The summed E-state index contributed by atoms with van der Waals surface area (Å²) in [4.78, 5) is 27.0. The topological polar surface area (TPSA) is 46.6 Å². The van der Waals surface area contributed by atoms with E-state index < -0.39 is 5.97 Å². The second kappa shape index (κ2) is 7.66. The van der Waals surface area contributed by atoms with Crippen molar-refractivity contribution in [2.75, 3.05) is 12.0 Å². The summed E-state index contributed by atoms with van der Waals surface area (Å²) in [5, 5.41) is 0. The summed E-state index contributed by atoms with van der Waals surface area (Å²) in [6.07, 6.45) is 0. The Balaban J connectivity index is 2.16. The average molecular weight is 345 g/mol. The summed E-state index contributed by atoms with van der Waals surface area (Å²) >= 11 is 0. The number of nitrogens with zero attached hydrogens (tertiary/aromatic N) is 1. The largest absolute Gasteiger partial charge is 0.465 e. The molecule has 0 spiro atoms. The van der Waals surface area contributed by atoms with Crippen LogP contribution in [0.5, 0.6) is 0 Å². The normalized spacial score (nSPS) is 10.2. The molecule has 0 bridgehead atoms. The molecule has 0 radical (unpaired) electrons. The number of hydrogen-bond acceptors (Lipinski definition) is 3. The van der Waals surface area contributed by atoms with Crippen LogP contribution in [0.25, 0.3) is 0 Å². The van der Waals surface area contributed by atoms with Crippen LogP contribution in [-0.2, 0) is 4.74 Å². The lowest BCUT2D eigenvalue weighted by atomic mass is 10.1. The summed E-state index contributed by atoms with van der Waals surface area (Å²) in [5.74, 6) is -0.703. The smallest absolute Gasteiger partial charge is 0.339 e.